The molecule has 1 aliphatic carbocycles. The van der Waals surface area contributed by atoms with Gasteiger partial charge in [0.2, 0.25) is 0 Å². The number of aliphatic hydroxyl groups is 2. The van der Waals surface area contributed by atoms with Crippen molar-refractivity contribution >= 4 is 0 Å². The van der Waals surface area contributed by atoms with Crippen molar-refractivity contribution in [2.75, 3.05) is 6.54 Å². The maximum Gasteiger partial charge on any atom is 0.123 e. The molecule has 0 bridgehead atoms. The molecule has 100 valence electrons. The van der Waals surface area contributed by atoms with E-state index in [2.05, 4.69) is 5.32 Å². The quantitative estimate of drug-likeness (QED) is 0.764. The predicted molar refractivity (Wildman–Crippen MR) is 67.6 cm³/mol. The van der Waals surface area contributed by atoms with E-state index in [1.165, 1.54) is 12.1 Å². The topological polar surface area (TPSA) is 52.5 Å². The first kappa shape index (κ1) is 13.5. The maximum absolute atomic E-state index is 12.7. The van der Waals surface area contributed by atoms with Crippen molar-refractivity contribution in [1.82, 2.24) is 5.32 Å². The van der Waals surface area contributed by atoms with Crippen LogP contribution in [0.2, 0.25) is 0 Å². The molecular formula is C14H20FNO2. The van der Waals surface area contributed by atoms with Crippen molar-refractivity contribution in [3.05, 3.63) is 35.6 Å². The SMILES string of the molecule is CC1(C)C(O)CC1NCC(O)c1ccc(F)cc1. The summed E-state index contributed by atoms with van der Waals surface area (Å²) in [6.45, 7) is 4.42. The molecule has 2 rings (SSSR count). The third-order valence-electron chi connectivity index (χ3n) is 4.03. The fourth-order valence-electron chi connectivity index (χ4n) is 2.31. The van der Waals surface area contributed by atoms with E-state index >= 15 is 0 Å². The lowest BCUT2D eigenvalue weighted by Gasteiger charge is -2.50. The standard InChI is InChI=1S/C14H20FNO2/c1-14(2)12(7-13(14)18)16-8-11(17)9-3-5-10(15)6-4-9/h3-6,11-13,16-18H,7-8H2,1-2H3. The van der Waals surface area contributed by atoms with Gasteiger partial charge in [0.05, 0.1) is 12.2 Å². The van der Waals surface area contributed by atoms with Crippen LogP contribution in [0.25, 0.3) is 0 Å². The van der Waals surface area contributed by atoms with Crippen LogP contribution in [0.4, 0.5) is 4.39 Å². The van der Waals surface area contributed by atoms with Crippen molar-refractivity contribution in [2.45, 2.75) is 38.5 Å². The van der Waals surface area contributed by atoms with Crippen LogP contribution < -0.4 is 5.32 Å². The highest BCUT2D eigenvalue weighted by molar-refractivity contribution is 5.19. The van der Waals surface area contributed by atoms with Crippen LogP contribution in [0.1, 0.15) is 31.9 Å². The molecule has 4 heteroatoms. The second-order valence-electron chi connectivity index (χ2n) is 5.60. The molecular weight excluding hydrogens is 233 g/mol. The molecule has 1 aliphatic rings. The van der Waals surface area contributed by atoms with Gasteiger partial charge in [-0.3, -0.25) is 0 Å². The minimum Gasteiger partial charge on any atom is -0.392 e. The normalized spacial score (nSPS) is 27.6. The molecule has 0 aromatic heterocycles. The van der Waals surface area contributed by atoms with Gasteiger partial charge in [0, 0.05) is 18.0 Å². The average molecular weight is 253 g/mol. The third-order valence-corrected chi connectivity index (χ3v) is 4.03. The minimum atomic E-state index is -0.654. The number of nitrogens with one attached hydrogen (secondary N) is 1. The largest absolute Gasteiger partial charge is 0.392 e. The number of hydrogen-bond acceptors (Lipinski definition) is 3. The maximum atomic E-state index is 12.7. The first-order chi connectivity index (χ1) is 8.41. The lowest BCUT2D eigenvalue weighted by molar-refractivity contribution is -0.0749. The van der Waals surface area contributed by atoms with E-state index in [0.717, 1.165) is 0 Å². The van der Waals surface area contributed by atoms with Gasteiger partial charge in [0.15, 0.2) is 0 Å². The highest BCUT2D eigenvalue weighted by Crippen LogP contribution is 2.40. The average Bonchev–Trinajstić information content (AvgIpc) is 2.34. The van der Waals surface area contributed by atoms with Crippen LogP contribution in [0.15, 0.2) is 24.3 Å². The van der Waals surface area contributed by atoms with E-state index in [-0.39, 0.29) is 23.4 Å². The lowest BCUT2D eigenvalue weighted by Crippen LogP contribution is -2.60. The van der Waals surface area contributed by atoms with Crippen molar-refractivity contribution in [3.8, 4) is 0 Å². The summed E-state index contributed by atoms with van der Waals surface area (Å²) < 4.78 is 12.7. The summed E-state index contributed by atoms with van der Waals surface area (Å²) in [5.41, 5.74) is 0.546. The monoisotopic (exact) mass is 253 g/mol. The van der Waals surface area contributed by atoms with Gasteiger partial charge in [-0.2, -0.15) is 0 Å². The first-order valence-corrected chi connectivity index (χ1v) is 6.26. The van der Waals surface area contributed by atoms with Gasteiger partial charge >= 0.3 is 0 Å². The molecule has 18 heavy (non-hydrogen) atoms. The zero-order valence-corrected chi connectivity index (χ0v) is 10.7. The van der Waals surface area contributed by atoms with Crippen LogP contribution >= 0.6 is 0 Å². The molecule has 1 aromatic rings. The van der Waals surface area contributed by atoms with Gasteiger partial charge in [-0.1, -0.05) is 26.0 Å². The smallest absolute Gasteiger partial charge is 0.123 e. The Kier molecular flexibility index (Phi) is 3.71. The Balaban J connectivity index is 1.86. The molecule has 3 unspecified atom stereocenters. The summed E-state index contributed by atoms with van der Waals surface area (Å²) in [4.78, 5) is 0. The van der Waals surface area contributed by atoms with E-state index in [1.54, 1.807) is 12.1 Å². The fraction of sp³-hybridized carbons (Fsp3) is 0.571. The number of halogens is 1. The van der Waals surface area contributed by atoms with Gasteiger partial charge in [0.25, 0.3) is 0 Å². The van der Waals surface area contributed by atoms with E-state index in [9.17, 15) is 14.6 Å². The molecule has 1 saturated carbocycles. The Morgan fingerprint density at radius 2 is 2.00 bits per heavy atom. The summed E-state index contributed by atoms with van der Waals surface area (Å²) in [6, 6.07) is 6.07. The molecule has 0 heterocycles. The second-order valence-corrected chi connectivity index (χ2v) is 5.60. The molecule has 1 fully saturated rings. The van der Waals surface area contributed by atoms with E-state index < -0.39 is 6.10 Å². The molecule has 0 amide bonds. The summed E-state index contributed by atoms with van der Waals surface area (Å²) >= 11 is 0. The van der Waals surface area contributed by atoms with Crippen LogP contribution in [0.5, 0.6) is 0 Å². The van der Waals surface area contributed by atoms with Crippen LogP contribution in [0, 0.1) is 11.2 Å². The van der Waals surface area contributed by atoms with Crippen molar-refractivity contribution in [1.29, 1.82) is 0 Å². The number of rotatable bonds is 4. The molecule has 1 aromatic carbocycles. The van der Waals surface area contributed by atoms with Crippen LogP contribution in [-0.2, 0) is 0 Å². The zero-order chi connectivity index (χ0) is 13.3. The van der Waals surface area contributed by atoms with Crippen molar-refractivity contribution in [2.24, 2.45) is 5.41 Å². The van der Waals surface area contributed by atoms with Crippen LogP contribution in [-0.4, -0.2) is 28.9 Å². The Morgan fingerprint density at radius 3 is 2.50 bits per heavy atom. The first-order valence-electron chi connectivity index (χ1n) is 6.26. The summed E-state index contributed by atoms with van der Waals surface area (Å²) in [5, 5.41) is 22.8. The minimum absolute atomic E-state index is 0.150. The van der Waals surface area contributed by atoms with E-state index in [4.69, 9.17) is 0 Å². The Hall–Kier alpha value is -0.970. The Bertz CT molecular complexity index is 405. The number of benzene rings is 1. The highest BCUT2D eigenvalue weighted by atomic mass is 19.1. The van der Waals surface area contributed by atoms with E-state index in [0.29, 0.717) is 18.5 Å². The number of aliphatic hydroxyl groups excluding tert-OH is 2. The van der Waals surface area contributed by atoms with Crippen LogP contribution in [0.3, 0.4) is 0 Å². The van der Waals surface area contributed by atoms with Gasteiger partial charge in [-0.15, -0.1) is 0 Å². The van der Waals surface area contributed by atoms with Crippen molar-refractivity contribution in [3.63, 3.8) is 0 Å². The Morgan fingerprint density at radius 1 is 1.39 bits per heavy atom. The summed E-state index contributed by atoms with van der Waals surface area (Å²) in [6.07, 6.45) is -0.222. The second kappa shape index (κ2) is 4.96. The highest BCUT2D eigenvalue weighted by Gasteiger charge is 2.46. The third kappa shape index (κ3) is 2.55. The number of hydrogen-bond donors (Lipinski definition) is 3. The molecule has 3 atom stereocenters. The molecule has 3 N–H and O–H groups in total. The van der Waals surface area contributed by atoms with Crippen molar-refractivity contribution < 1.29 is 14.6 Å². The molecule has 3 nitrogen and oxygen atoms in total. The van der Waals surface area contributed by atoms with E-state index in [1.807, 2.05) is 13.8 Å². The fourth-order valence-corrected chi connectivity index (χ4v) is 2.31. The molecule has 0 aliphatic heterocycles. The lowest BCUT2D eigenvalue weighted by atomic mass is 9.64. The summed E-state index contributed by atoms with van der Waals surface area (Å²) in [5.74, 6) is -0.304. The van der Waals surface area contributed by atoms with Gasteiger partial charge in [0.1, 0.15) is 5.82 Å². The van der Waals surface area contributed by atoms with Gasteiger partial charge < -0.3 is 15.5 Å². The Labute approximate surface area is 107 Å². The molecule has 0 saturated heterocycles. The van der Waals surface area contributed by atoms with Gasteiger partial charge in [-0.25, -0.2) is 4.39 Å². The molecule has 0 spiro atoms. The zero-order valence-electron chi connectivity index (χ0n) is 10.7. The predicted octanol–water partition coefficient (Wildman–Crippen LogP) is 1.61. The summed E-state index contributed by atoms with van der Waals surface area (Å²) in [7, 11) is 0. The van der Waals surface area contributed by atoms with Gasteiger partial charge in [-0.05, 0) is 24.1 Å². The molecule has 0 radical (unpaired) electrons.